The van der Waals surface area contributed by atoms with Gasteiger partial charge in [-0.2, -0.15) is 5.10 Å². The SMILES string of the molecule is Cc1cc(/C=N\Nc2ccc([N+](=O)[O-])cn2)c(C)n1-c1ccc(Cl)cc1. The number of hydrogen-bond donors (Lipinski definition) is 1. The molecule has 0 spiro atoms. The van der Waals surface area contributed by atoms with Gasteiger partial charge in [-0.1, -0.05) is 11.6 Å². The van der Waals surface area contributed by atoms with Crippen LogP contribution in [0, 0.1) is 24.0 Å². The van der Waals surface area contributed by atoms with Crippen LogP contribution in [0.2, 0.25) is 5.02 Å². The van der Waals surface area contributed by atoms with Gasteiger partial charge in [0.25, 0.3) is 5.69 Å². The average molecular weight is 370 g/mol. The molecule has 0 unspecified atom stereocenters. The van der Waals surface area contributed by atoms with Gasteiger partial charge in [0, 0.05) is 33.7 Å². The average Bonchev–Trinajstić information content (AvgIpc) is 2.90. The summed E-state index contributed by atoms with van der Waals surface area (Å²) in [4.78, 5) is 14.1. The number of benzene rings is 1. The fraction of sp³-hybridized carbons (Fsp3) is 0.111. The maximum absolute atomic E-state index is 10.6. The predicted octanol–water partition coefficient (Wildman–Crippen LogP) is 4.50. The Morgan fingerprint density at radius 1 is 1.23 bits per heavy atom. The van der Waals surface area contributed by atoms with Crippen LogP contribution in [0.25, 0.3) is 5.69 Å². The van der Waals surface area contributed by atoms with Gasteiger partial charge < -0.3 is 4.57 Å². The van der Waals surface area contributed by atoms with Gasteiger partial charge >= 0.3 is 0 Å². The zero-order valence-corrected chi connectivity index (χ0v) is 14.9. The number of aromatic nitrogens is 2. The van der Waals surface area contributed by atoms with Crippen molar-refractivity contribution in [1.82, 2.24) is 9.55 Å². The molecule has 0 aliphatic carbocycles. The van der Waals surface area contributed by atoms with E-state index >= 15 is 0 Å². The van der Waals surface area contributed by atoms with Crippen LogP contribution in [-0.4, -0.2) is 20.7 Å². The second kappa shape index (κ2) is 7.37. The molecule has 0 amide bonds. The molecule has 0 saturated carbocycles. The van der Waals surface area contributed by atoms with Gasteiger partial charge in [0.15, 0.2) is 0 Å². The Kier molecular flexibility index (Phi) is 4.99. The zero-order chi connectivity index (χ0) is 18.7. The molecule has 0 fully saturated rings. The van der Waals surface area contributed by atoms with Gasteiger partial charge in [-0.05, 0) is 50.2 Å². The van der Waals surface area contributed by atoms with Crippen LogP contribution in [0.4, 0.5) is 11.5 Å². The summed E-state index contributed by atoms with van der Waals surface area (Å²) in [5.74, 6) is 0.429. The summed E-state index contributed by atoms with van der Waals surface area (Å²) in [6, 6.07) is 12.5. The quantitative estimate of drug-likeness (QED) is 0.407. The van der Waals surface area contributed by atoms with Crippen molar-refractivity contribution >= 4 is 29.3 Å². The largest absolute Gasteiger partial charge is 0.318 e. The van der Waals surface area contributed by atoms with E-state index in [0.29, 0.717) is 10.8 Å². The van der Waals surface area contributed by atoms with Crippen molar-refractivity contribution in [2.45, 2.75) is 13.8 Å². The molecule has 0 aliphatic heterocycles. The Morgan fingerprint density at radius 3 is 2.58 bits per heavy atom. The minimum atomic E-state index is -0.494. The Bertz CT molecular complexity index is 962. The first kappa shape index (κ1) is 17.6. The third-order valence-electron chi connectivity index (χ3n) is 3.90. The first-order valence-corrected chi connectivity index (χ1v) is 8.18. The molecule has 0 bridgehead atoms. The van der Waals surface area contributed by atoms with Crippen LogP contribution in [0.3, 0.4) is 0 Å². The van der Waals surface area contributed by atoms with Crippen LogP contribution in [0.1, 0.15) is 17.0 Å². The molecule has 3 aromatic rings. The number of nitro groups is 1. The van der Waals surface area contributed by atoms with Gasteiger partial charge in [-0.3, -0.25) is 15.5 Å². The molecule has 26 heavy (non-hydrogen) atoms. The van der Waals surface area contributed by atoms with E-state index in [1.54, 1.807) is 6.21 Å². The van der Waals surface area contributed by atoms with Crippen molar-refractivity contribution in [3.63, 3.8) is 0 Å². The zero-order valence-electron chi connectivity index (χ0n) is 14.2. The number of anilines is 1. The van der Waals surface area contributed by atoms with Gasteiger partial charge in [0.2, 0.25) is 0 Å². The number of halogens is 1. The minimum absolute atomic E-state index is 0.0639. The topological polar surface area (TPSA) is 85.3 Å². The lowest BCUT2D eigenvalue weighted by Crippen LogP contribution is -1.99. The lowest BCUT2D eigenvalue weighted by atomic mass is 10.2. The molecular weight excluding hydrogens is 354 g/mol. The number of aryl methyl sites for hydroxylation is 1. The van der Waals surface area contributed by atoms with Gasteiger partial charge in [-0.15, -0.1) is 0 Å². The van der Waals surface area contributed by atoms with Crippen LogP contribution in [0.5, 0.6) is 0 Å². The molecule has 132 valence electrons. The highest BCUT2D eigenvalue weighted by molar-refractivity contribution is 6.30. The van der Waals surface area contributed by atoms with Crippen molar-refractivity contribution in [1.29, 1.82) is 0 Å². The third-order valence-corrected chi connectivity index (χ3v) is 4.15. The minimum Gasteiger partial charge on any atom is -0.318 e. The highest BCUT2D eigenvalue weighted by atomic mass is 35.5. The Morgan fingerprint density at radius 2 is 1.96 bits per heavy atom. The Hall–Kier alpha value is -3.19. The summed E-state index contributed by atoms with van der Waals surface area (Å²) in [6.45, 7) is 4.03. The number of rotatable bonds is 5. The van der Waals surface area contributed by atoms with Crippen molar-refractivity contribution in [2.75, 3.05) is 5.43 Å². The summed E-state index contributed by atoms with van der Waals surface area (Å²) < 4.78 is 2.11. The molecule has 1 N–H and O–H groups in total. The van der Waals surface area contributed by atoms with E-state index in [1.807, 2.05) is 44.2 Å². The molecular formula is C18H16ClN5O2. The monoisotopic (exact) mass is 369 g/mol. The standard InChI is InChI=1S/C18H16ClN5O2/c1-12-9-14(13(2)23(12)16-5-3-15(19)4-6-16)10-21-22-18-8-7-17(11-20-18)24(25)26/h3-11H,1-2H3,(H,20,22)/b21-10-. The van der Waals surface area contributed by atoms with E-state index in [4.69, 9.17) is 11.6 Å². The third kappa shape index (κ3) is 3.73. The van der Waals surface area contributed by atoms with E-state index in [1.165, 1.54) is 18.3 Å². The Balaban J connectivity index is 1.78. The van der Waals surface area contributed by atoms with E-state index in [-0.39, 0.29) is 5.69 Å². The molecule has 7 nitrogen and oxygen atoms in total. The first-order valence-electron chi connectivity index (χ1n) is 7.80. The molecule has 0 saturated heterocycles. The maximum Gasteiger partial charge on any atom is 0.287 e. The second-order valence-corrected chi connectivity index (χ2v) is 6.10. The second-order valence-electron chi connectivity index (χ2n) is 5.67. The molecule has 3 rings (SSSR count). The van der Waals surface area contributed by atoms with Gasteiger partial charge in [0.1, 0.15) is 12.0 Å². The van der Waals surface area contributed by atoms with Gasteiger partial charge in [-0.25, -0.2) is 4.98 Å². The molecule has 2 heterocycles. The van der Waals surface area contributed by atoms with Crippen molar-refractivity contribution in [3.8, 4) is 5.69 Å². The number of pyridine rings is 1. The molecule has 0 aliphatic rings. The fourth-order valence-electron chi connectivity index (χ4n) is 2.63. The van der Waals surface area contributed by atoms with Crippen LogP contribution in [-0.2, 0) is 0 Å². The van der Waals surface area contributed by atoms with Crippen molar-refractivity contribution in [2.24, 2.45) is 5.10 Å². The lowest BCUT2D eigenvalue weighted by molar-refractivity contribution is -0.385. The molecule has 1 aromatic carbocycles. The van der Waals surface area contributed by atoms with Gasteiger partial charge in [0.05, 0.1) is 11.1 Å². The van der Waals surface area contributed by atoms with Crippen LogP contribution in [0.15, 0.2) is 53.8 Å². The summed E-state index contributed by atoms with van der Waals surface area (Å²) in [7, 11) is 0. The molecule has 8 heteroatoms. The highest BCUT2D eigenvalue weighted by Gasteiger charge is 2.09. The van der Waals surface area contributed by atoms with Crippen LogP contribution >= 0.6 is 11.6 Å². The molecule has 0 radical (unpaired) electrons. The summed E-state index contributed by atoms with van der Waals surface area (Å²) in [6.07, 6.45) is 2.88. The predicted molar refractivity (Wildman–Crippen MR) is 102 cm³/mol. The summed E-state index contributed by atoms with van der Waals surface area (Å²) >= 11 is 5.96. The van der Waals surface area contributed by atoms with E-state index < -0.39 is 4.92 Å². The molecule has 0 atom stereocenters. The fourth-order valence-corrected chi connectivity index (χ4v) is 2.76. The number of hydrazone groups is 1. The van der Waals surface area contributed by atoms with E-state index in [2.05, 4.69) is 20.1 Å². The smallest absolute Gasteiger partial charge is 0.287 e. The first-order chi connectivity index (χ1) is 12.5. The maximum atomic E-state index is 10.6. The number of nitrogens with one attached hydrogen (secondary N) is 1. The number of hydrogen-bond acceptors (Lipinski definition) is 5. The Labute approximate surface area is 155 Å². The van der Waals surface area contributed by atoms with E-state index in [0.717, 1.165) is 22.6 Å². The number of nitrogens with zero attached hydrogens (tertiary/aromatic N) is 4. The molecule has 2 aromatic heterocycles. The highest BCUT2D eigenvalue weighted by Crippen LogP contribution is 2.21. The summed E-state index contributed by atoms with van der Waals surface area (Å²) in [5.41, 5.74) is 6.78. The van der Waals surface area contributed by atoms with Crippen molar-refractivity contribution in [3.05, 3.63) is 80.7 Å². The van der Waals surface area contributed by atoms with E-state index in [9.17, 15) is 10.1 Å². The lowest BCUT2D eigenvalue weighted by Gasteiger charge is -2.09. The summed E-state index contributed by atoms with van der Waals surface area (Å²) in [5, 5.41) is 15.5. The van der Waals surface area contributed by atoms with Crippen molar-refractivity contribution < 1.29 is 4.92 Å². The normalized spacial score (nSPS) is 11.0. The van der Waals surface area contributed by atoms with Crippen LogP contribution < -0.4 is 5.43 Å².